The molecule has 3 aromatic rings. The van der Waals surface area contributed by atoms with Crippen molar-refractivity contribution >= 4 is 5.69 Å². The van der Waals surface area contributed by atoms with Gasteiger partial charge in [0.1, 0.15) is 0 Å². The lowest BCUT2D eigenvalue weighted by Gasteiger charge is -2.57. The lowest BCUT2D eigenvalue weighted by atomic mass is 9.49. The molecule has 1 heterocycles. The number of nitrogens with zero attached hydrogens (tertiary/aromatic N) is 1. The summed E-state index contributed by atoms with van der Waals surface area (Å²) < 4.78 is 0. The van der Waals surface area contributed by atoms with E-state index in [1.54, 1.807) is 5.56 Å². The normalized spacial score (nSPS) is 25.0. The molecule has 2 heteroatoms. The van der Waals surface area contributed by atoms with Crippen molar-refractivity contribution in [1.29, 1.82) is 0 Å². The van der Waals surface area contributed by atoms with Crippen LogP contribution in [0.2, 0.25) is 0 Å². The number of fused-ring (bicyclic) bond motifs is 1. The minimum Gasteiger partial charge on any atom is -0.378 e. The highest BCUT2D eigenvalue weighted by molar-refractivity contribution is 5.67. The van der Waals surface area contributed by atoms with E-state index in [9.17, 15) is 0 Å². The average Bonchev–Trinajstić information content (AvgIpc) is 3.28. The van der Waals surface area contributed by atoms with E-state index in [-0.39, 0.29) is 5.54 Å². The van der Waals surface area contributed by atoms with E-state index in [1.165, 1.54) is 106 Å². The Kier molecular flexibility index (Phi) is 8.87. The quantitative estimate of drug-likeness (QED) is 0.226. The molecule has 3 aromatic carbocycles. The molecule has 0 bridgehead atoms. The molecule has 1 spiro atoms. The van der Waals surface area contributed by atoms with Crippen molar-refractivity contribution in [1.82, 2.24) is 4.90 Å². The molecule has 2 fully saturated rings. The number of hydrogen-bond donors (Lipinski definition) is 1. The van der Waals surface area contributed by atoms with Crippen molar-refractivity contribution < 1.29 is 0 Å². The minimum atomic E-state index is 0.279. The van der Waals surface area contributed by atoms with Crippen molar-refractivity contribution in [3.8, 4) is 0 Å². The van der Waals surface area contributed by atoms with Crippen LogP contribution in [0.4, 0.5) is 5.69 Å². The lowest BCUT2D eigenvalue weighted by molar-refractivity contribution is 0.0514. The first-order valence-electron chi connectivity index (χ1n) is 16.8. The molecule has 1 aliphatic heterocycles. The lowest BCUT2D eigenvalue weighted by Crippen LogP contribution is -2.59. The second kappa shape index (κ2) is 12.7. The van der Waals surface area contributed by atoms with Crippen LogP contribution >= 0.6 is 0 Å². The summed E-state index contributed by atoms with van der Waals surface area (Å²) in [6.45, 7) is 7.94. The molecule has 6 rings (SSSR count). The fourth-order valence-electron chi connectivity index (χ4n) is 9.01. The van der Waals surface area contributed by atoms with Crippen molar-refractivity contribution in [3.63, 3.8) is 0 Å². The van der Waals surface area contributed by atoms with Gasteiger partial charge in [-0.1, -0.05) is 125 Å². The molecule has 2 nitrogen and oxygen atoms in total. The number of hydrogen-bond acceptors (Lipinski definition) is 2. The Morgan fingerprint density at radius 3 is 2.15 bits per heavy atom. The molecule has 2 unspecified atom stereocenters. The van der Waals surface area contributed by atoms with Crippen LogP contribution in [0.1, 0.15) is 119 Å². The van der Waals surface area contributed by atoms with Crippen molar-refractivity contribution in [2.24, 2.45) is 5.92 Å². The summed E-state index contributed by atoms with van der Waals surface area (Å²) >= 11 is 0. The van der Waals surface area contributed by atoms with E-state index in [4.69, 9.17) is 0 Å². The van der Waals surface area contributed by atoms with Gasteiger partial charge in [-0.3, -0.25) is 4.90 Å². The van der Waals surface area contributed by atoms with E-state index in [2.05, 4.69) is 103 Å². The first-order valence-corrected chi connectivity index (χ1v) is 16.8. The third-order valence-corrected chi connectivity index (χ3v) is 11.0. The minimum absolute atomic E-state index is 0.279. The summed E-state index contributed by atoms with van der Waals surface area (Å²) in [5, 5.41) is 4.26. The van der Waals surface area contributed by atoms with Gasteiger partial charge in [0, 0.05) is 29.7 Å². The second-order valence-corrected chi connectivity index (χ2v) is 13.8. The zero-order chi connectivity index (χ0) is 28.1. The molecule has 2 saturated carbocycles. The van der Waals surface area contributed by atoms with Gasteiger partial charge in [-0.15, -0.1) is 0 Å². The zero-order valence-corrected chi connectivity index (χ0v) is 25.7. The maximum Gasteiger partial charge on any atom is 0.0473 e. The summed E-state index contributed by atoms with van der Waals surface area (Å²) in [5.41, 5.74) is 8.18. The first kappa shape index (κ1) is 28.5. The molecular weight excluding hydrogens is 496 g/mol. The Hall–Kier alpha value is -2.58. The van der Waals surface area contributed by atoms with Gasteiger partial charge in [-0.2, -0.15) is 0 Å². The third kappa shape index (κ3) is 5.87. The van der Waals surface area contributed by atoms with Crippen LogP contribution in [0.25, 0.3) is 0 Å². The van der Waals surface area contributed by atoms with E-state index >= 15 is 0 Å². The number of rotatable bonds is 12. The second-order valence-electron chi connectivity index (χ2n) is 13.8. The maximum absolute atomic E-state index is 4.26. The maximum atomic E-state index is 4.26. The van der Waals surface area contributed by atoms with Crippen LogP contribution in [0.5, 0.6) is 0 Å². The van der Waals surface area contributed by atoms with Gasteiger partial charge in [0.2, 0.25) is 0 Å². The van der Waals surface area contributed by atoms with Gasteiger partial charge in [0.25, 0.3) is 0 Å². The smallest absolute Gasteiger partial charge is 0.0473 e. The number of nitrogens with one attached hydrogen (secondary N) is 1. The van der Waals surface area contributed by atoms with E-state index in [0.29, 0.717) is 11.3 Å². The molecule has 3 aliphatic rings. The van der Waals surface area contributed by atoms with Crippen LogP contribution in [-0.2, 0) is 18.5 Å². The molecule has 0 amide bonds. The van der Waals surface area contributed by atoms with Gasteiger partial charge in [-0.25, -0.2) is 0 Å². The molecule has 0 saturated heterocycles. The molecule has 3 atom stereocenters. The topological polar surface area (TPSA) is 15.3 Å². The van der Waals surface area contributed by atoms with E-state index in [1.807, 2.05) is 0 Å². The molecule has 0 aromatic heterocycles. The Morgan fingerprint density at radius 2 is 1.44 bits per heavy atom. The van der Waals surface area contributed by atoms with Gasteiger partial charge in [0.05, 0.1) is 0 Å². The van der Waals surface area contributed by atoms with Crippen molar-refractivity contribution in [2.75, 3.05) is 11.9 Å². The predicted molar refractivity (Wildman–Crippen MR) is 174 cm³/mol. The van der Waals surface area contributed by atoms with E-state index in [0.717, 1.165) is 19.0 Å². The van der Waals surface area contributed by atoms with Gasteiger partial charge in [0.15, 0.2) is 0 Å². The van der Waals surface area contributed by atoms with Crippen LogP contribution in [-0.4, -0.2) is 17.0 Å². The number of benzene rings is 3. The Labute approximate surface area is 250 Å². The van der Waals surface area contributed by atoms with E-state index < -0.39 is 0 Å². The highest BCUT2D eigenvalue weighted by atomic mass is 15.1. The van der Waals surface area contributed by atoms with Crippen LogP contribution in [0, 0.1) is 5.92 Å². The molecule has 0 radical (unpaired) electrons. The standard InChI is InChI=1S/C39H52N2/c1-31(2)34-22-23-37-36(28-34)39-26-13-11-20-35(39)21-15-25-38(39,40-37)24-12-3-4-14-27-41(29-32-16-7-5-8-17-32)30-33-18-9-6-10-19-33/h5-10,16-19,22-23,28,31,35,40H,3-4,11-15,20-21,24-27,29-30H2,1-2H3/t35?,38-,39?/m1/s1. The number of unbranched alkanes of at least 4 members (excludes halogenated alkanes) is 3. The van der Waals surface area contributed by atoms with Gasteiger partial charge >= 0.3 is 0 Å². The Morgan fingerprint density at radius 1 is 0.756 bits per heavy atom. The monoisotopic (exact) mass is 548 g/mol. The first-order chi connectivity index (χ1) is 20.1. The highest BCUT2D eigenvalue weighted by Crippen LogP contribution is 2.64. The fraction of sp³-hybridized carbons (Fsp3) is 0.538. The van der Waals surface area contributed by atoms with Crippen LogP contribution < -0.4 is 5.32 Å². The third-order valence-electron chi connectivity index (χ3n) is 11.0. The molecular formula is C39H52N2. The van der Waals surface area contributed by atoms with Crippen LogP contribution in [0.15, 0.2) is 78.9 Å². The number of anilines is 1. The van der Waals surface area contributed by atoms with Gasteiger partial charge < -0.3 is 5.32 Å². The predicted octanol–water partition coefficient (Wildman–Crippen LogP) is 10.2. The largest absolute Gasteiger partial charge is 0.378 e. The van der Waals surface area contributed by atoms with Gasteiger partial charge in [-0.05, 0) is 85.2 Å². The fourth-order valence-corrected chi connectivity index (χ4v) is 9.01. The summed E-state index contributed by atoms with van der Waals surface area (Å²) in [5.74, 6) is 1.46. The molecule has 218 valence electrons. The summed E-state index contributed by atoms with van der Waals surface area (Å²) in [6, 6.07) is 29.5. The van der Waals surface area contributed by atoms with Crippen LogP contribution in [0.3, 0.4) is 0 Å². The highest BCUT2D eigenvalue weighted by Gasteiger charge is 2.62. The zero-order valence-electron chi connectivity index (χ0n) is 25.7. The molecule has 2 aliphatic carbocycles. The summed E-state index contributed by atoms with van der Waals surface area (Å²) in [7, 11) is 0. The average molecular weight is 549 g/mol. The van der Waals surface area contributed by atoms with Crippen molar-refractivity contribution in [2.45, 2.75) is 121 Å². The molecule has 41 heavy (non-hydrogen) atoms. The Bertz CT molecular complexity index is 1210. The molecule has 1 N–H and O–H groups in total. The SMILES string of the molecule is CC(C)c1ccc2c(c1)C13CCCCC1CCC[C@@]3(CCCCCCN(Cc1ccccc1)Cc1ccccc1)N2. The van der Waals surface area contributed by atoms with Crippen molar-refractivity contribution in [3.05, 3.63) is 101 Å². The summed E-state index contributed by atoms with van der Waals surface area (Å²) in [6.07, 6.45) is 16.5. The summed E-state index contributed by atoms with van der Waals surface area (Å²) in [4.78, 5) is 2.65. The Balaban J connectivity index is 1.09.